The molecule has 0 atom stereocenters. The van der Waals surface area contributed by atoms with Gasteiger partial charge < -0.3 is 10.2 Å². The number of aliphatic hydroxyl groups is 1. The molecule has 0 spiro atoms. The number of nitrogens with zero attached hydrogens (tertiary/aromatic N) is 1. The predicted octanol–water partition coefficient (Wildman–Crippen LogP) is 5.01. The number of aromatic carboxylic acids is 1. The Morgan fingerprint density at radius 3 is 2.27 bits per heavy atom. The third-order valence-corrected chi connectivity index (χ3v) is 6.89. The topological polar surface area (TPSA) is 114 Å². The second-order valence-electron chi connectivity index (χ2n) is 7.10. The number of hydrogen-bond donors (Lipinski definition) is 2. The van der Waals surface area contributed by atoms with Crippen LogP contribution in [-0.4, -0.2) is 34.4 Å². The van der Waals surface area contributed by atoms with E-state index in [0.29, 0.717) is 5.02 Å². The summed E-state index contributed by atoms with van der Waals surface area (Å²) in [5.41, 5.74) is 0.319. The van der Waals surface area contributed by atoms with Gasteiger partial charge in [0.05, 0.1) is 16.0 Å². The van der Waals surface area contributed by atoms with E-state index in [0.717, 1.165) is 10.0 Å². The minimum absolute atomic E-state index is 0.00736. The van der Waals surface area contributed by atoms with Crippen molar-refractivity contribution in [1.82, 2.24) is 3.97 Å². The van der Waals surface area contributed by atoms with E-state index < -0.39 is 27.5 Å². The van der Waals surface area contributed by atoms with Crippen LogP contribution >= 0.6 is 11.6 Å². The number of carbonyl (C=O) groups excluding carboxylic acids is 1. The van der Waals surface area contributed by atoms with E-state index in [4.69, 9.17) is 16.7 Å². The molecule has 1 aromatic heterocycles. The van der Waals surface area contributed by atoms with Crippen LogP contribution in [0.25, 0.3) is 16.7 Å². The first-order chi connectivity index (χ1) is 15.7. The zero-order valence-electron chi connectivity index (χ0n) is 16.8. The summed E-state index contributed by atoms with van der Waals surface area (Å²) < 4.78 is 27.4. The standard InChI is InChI=1S/C24H16ClNO6S/c25-17-9-10-21-19(12-17)20(14-26(21)33(31,32)18-7-2-1-3-8-18)23(28)13-22(27)15-5-4-6-16(11-15)24(29)30/h1-14,27H,(H,29,30). The van der Waals surface area contributed by atoms with Gasteiger partial charge in [0.1, 0.15) is 5.76 Å². The Kier molecular flexibility index (Phi) is 5.80. The van der Waals surface area contributed by atoms with E-state index in [2.05, 4.69) is 0 Å². The van der Waals surface area contributed by atoms with E-state index in [-0.39, 0.29) is 32.5 Å². The van der Waals surface area contributed by atoms with E-state index in [1.165, 1.54) is 60.8 Å². The molecule has 0 amide bonds. The molecule has 4 aromatic rings. The number of carbonyl (C=O) groups is 2. The lowest BCUT2D eigenvalue weighted by Crippen LogP contribution is -2.11. The number of ketones is 1. The van der Waals surface area contributed by atoms with Crippen LogP contribution in [0.3, 0.4) is 0 Å². The van der Waals surface area contributed by atoms with Crippen LogP contribution in [0.15, 0.2) is 90.0 Å². The molecule has 0 aliphatic heterocycles. The lowest BCUT2D eigenvalue weighted by molar-refractivity contribution is 0.0696. The van der Waals surface area contributed by atoms with Crippen LogP contribution in [0.2, 0.25) is 5.02 Å². The summed E-state index contributed by atoms with van der Waals surface area (Å²) in [6, 6.07) is 17.7. The summed E-state index contributed by atoms with van der Waals surface area (Å²) in [4.78, 5) is 24.3. The van der Waals surface area contributed by atoms with Gasteiger partial charge in [-0.1, -0.05) is 41.9 Å². The van der Waals surface area contributed by atoms with Gasteiger partial charge in [-0.05, 0) is 42.5 Å². The zero-order valence-corrected chi connectivity index (χ0v) is 18.4. The number of carboxylic acids is 1. The number of rotatable bonds is 6. The monoisotopic (exact) mass is 481 g/mol. The molecule has 7 nitrogen and oxygen atoms in total. The van der Waals surface area contributed by atoms with Crippen LogP contribution in [0.1, 0.15) is 26.3 Å². The summed E-state index contributed by atoms with van der Waals surface area (Å²) in [5.74, 6) is -2.32. The number of carboxylic acid groups (broad SMARTS) is 1. The van der Waals surface area contributed by atoms with Crippen LogP contribution in [0.4, 0.5) is 0 Å². The van der Waals surface area contributed by atoms with Crippen molar-refractivity contribution in [2.24, 2.45) is 0 Å². The maximum Gasteiger partial charge on any atom is 0.335 e. The quantitative estimate of drug-likeness (QED) is 0.227. The molecule has 0 bridgehead atoms. The Morgan fingerprint density at radius 2 is 1.58 bits per heavy atom. The fraction of sp³-hybridized carbons (Fsp3) is 0. The molecule has 0 aliphatic rings. The maximum absolute atomic E-state index is 13.2. The van der Waals surface area contributed by atoms with Crippen LogP contribution in [0.5, 0.6) is 0 Å². The largest absolute Gasteiger partial charge is 0.507 e. The van der Waals surface area contributed by atoms with Gasteiger partial charge in [-0.3, -0.25) is 4.79 Å². The Hall–Kier alpha value is -3.88. The van der Waals surface area contributed by atoms with Gasteiger partial charge in [-0.25, -0.2) is 17.2 Å². The molecule has 3 aromatic carbocycles. The average molecular weight is 482 g/mol. The number of hydrogen-bond acceptors (Lipinski definition) is 5. The Labute approximate surface area is 193 Å². The first-order valence-electron chi connectivity index (χ1n) is 9.58. The van der Waals surface area contributed by atoms with Gasteiger partial charge in [0, 0.05) is 33.8 Å². The molecule has 4 rings (SSSR count). The molecule has 1 heterocycles. The summed E-state index contributed by atoms with van der Waals surface area (Å²) in [6.45, 7) is 0. The normalized spacial score (nSPS) is 12.1. The number of benzene rings is 3. The van der Waals surface area contributed by atoms with Gasteiger partial charge in [-0.2, -0.15) is 0 Å². The van der Waals surface area contributed by atoms with Crippen molar-refractivity contribution in [3.05, 3.63) is 107 Å². The van der Waals surface area contributed by atoms with Gasteiger partial charge in [0.2, 0.25) is 0 Å². The maximum atomic E-state index is 13.2. The Bertz CT molecular complexity index is 1540. The summed E-state index contributed by atoms with van der Waals surface area (Å²) >= 11 is 6.09. The summed E-state index contributed by atoms with van der Waals surface area (Å²) in [6.07, 6.45) is 2.10. The number of aromatic nitrogens is 1. The van der Waals surface area contributed by atoms with Gasteiger partial charge in [0.15, 0.2) is 5.78 Å². The molecule has 2 N–H and O–H groups in total. The van der Waals surface area contributed by atoms with Crippen LogP contribution < -0.4 is 0 Å². The molecule has 0 unspecified atom stereocenters. The molecule has 9 heteroatoms. The third-order valence-electron chi connectivity index (χ3n) is 4.97. The highest BCUT2D eigenvalue weighted by molar-refractivity contribution is 7.90. The van der Waals surface area contributed by atoms with E-state index in [1.54, 1.807) is 18.2 Å². The minimum atomic E-state index is -4.01. The zero-order chi connectivity index (χ0) is 23.8. The molecule has 0 saturated carbocycles. The van der Waals surface area contributed by atoms with Crippen LogP contribution in [-0.2, 0) is 10.0 Å². The van der Waals surface area contributed by atoms with Crippen molar-refractivity contribution in [2.45, 2.75) is 4.90 Å². The average Bonchev–Trinajstić information content (AvgIpc) is 3.19. The SMILES string of the molecule is O=C(O)c1cccc(C(O)=CC(=O)c2cn(S(=O)(=O)c3ccccc3)c3ccc(Cl)cc23)c1. The fourth-order valence-electron chi connectivity index (χ4n) is 3.37. The molecule has 0 saturated heterocycles. The minimum Gasteiger partial charge on any atom is -0.507 e. The van der Waals surface area contributed by atoms with Gasteiger partial charge in [0.25, 0.3) is 10.0 Å². The molecular weight excluding hydrogens is 466 g/mol. The first kappa shape index (κ1) is 22.3. The summed E-state index contributed by atoms with van der Waals surface area (Å²) in [5, 5.41) is 20.1. The fourth-order valence-corrected chi connectivity index (χ4v) is 4.93. The molecule has 166 valence electrons. The van der Waals surface area contributed by atoms with E-state index >= 15 is 0 Å². The van der Waals surface area contributed by atoms with Gasteiger partial charge >= 0.3 is 5.97 Å². The second-order valence-corrected chi connectivity index (χ2v) is 9.35. The van der Waals surface area contributed by atoms with Crippen molar-refractivity contribution in [2.75, 3.05) is 0 Å². The lowest BCUT2D eigenvalue weighted by Gasteiger charge is -2.07. The molecule has 0 aliphatic carbocycles. The van der Waals surface area contributed by atoms with Crippen molar-refractivity contribution in [1.29, 1.82) is 0 Å². The molecule has 0 fully saturated rings. The number of fused-ring (bicyclic) bond motifs is 1. The first-order valence-corrected chi connectivity index (χ1v) is 11.4. The highest BCUT2D eigenvalue weighted by Crippen LogP contribution is 2.29. The number of aliphatic hydroxyl groups excluding tert-OH is 1. The molecule has 0 radical (unpaired) electrons. The number of allylic oxidation sites excluding steroid dienone is 1. The van der Waals surface area contributed by atoms with Crippen LogP contribution in [0, 0.1) is 0 Å². The van der Waals surface area contributed by atoms with E-state index in [9.17, 15) is 23.1 Å². The predicted molar refractivity (Wildman–Crippen MR) is 124 cm³/mol. The molecular formula is C24H16ClNO6S. The molecule has 33 heavy (non-hydrogen) atoms. The summed E-state index contributed by atoms with van der Waals surface area (Å²) in [7, 11) is -4.01. The number of halogens is 1. The van der Waals surface area contributed by atoms with Crippen molar-refractivity contribution >= 4 is 50.0 Å². The van der Waals surface area contributed by atoms with Crippen molar-refractivity contribution in [3.8, 4) is 0 Å². The second kappa shape index (κ2) is 8.57. The Balaban J connectivity index is 1.84. The highest BCUT2D eigenvalue weighted by atomic mass is 35.5. The van der Waals surface area contributed by atoms with Gasteiger partial charge in [-0.15, -0.1) is 0 Å². The Morgan fingerprint density at radius 1 is 0.879 bits per heavy atom. The van der Waals surface area contributed by atoms with Crippen molar-refractivity contribution < 1.29 is 28.2 Å². The highest BCUT2D eigenvalue weighted by Gasteiger charge is 2.23. The smallest absolute Gasteiger partial charge is 0.335 e. The lowest BCUT2D eigenvalue weighted by atomic mass is 10.1. The van der Waals surface area contributed by atoms with E-state index in [1.807, 2.05) is 0 Å². The third kappa shape index (κ3) is 4.26. The van der Waals surface area contributed by atoms with Crippen molar-refractivity contribution in [3.63, 3.8) is 0 Å².